The molecule has 2 amide bonds. The molecule has 0 aliphatic rings. The molecule has 0 spiro atoms. The number of carbonyl (C=O) groups is 3. The van der Waals surface area contributed by atoms with Crippen LogP contribution >= 0.6 is 0 Å². The van der Waals surface area contributed by atoms with Crippen molar-refractivity contribution >= 4 is 23.5 Å². The van der Waals surface area contributed by atoms with Crippen molar-refractivity contribution in [2.75, 3.05) is 11.9 Å². The molecule has 28 heavy (non-hydrogen) atoms. The van der Waals surface area contributed by atoms with Crippen LogP contribution in [-0.2, 0) is 14.3 Å². The molecule has 0 aliphatic carbocycles. The minimum absolute atomic E-state index is 0.313. The van der Waals surface area contributed by atoms with Crippen LogP contribution in [-0.4, -0.2) is 30.4 Å². The molecule has 0 saturated carbocycles. The van der Waals surface area contributed by atoms with Crippen LogP contribution in [0, 0.1) is 27.7 Å². The Balaban J connectivity index is 1.87. The van der Waals surface area contributed by atoms with Gasteiger partial charge >= 0.3 is 5.97 Å². The van der Waals surface area contributed by atoms with Gasteiger partial charge in [0, 0.05) is 11.3 Å². The van der Waals surface area contributed by atoms with Crippen LogP contribution < -0.4 is 10.6 Å². The second kappa shape index (κ2) is 9.17. The van der Waals surface area contributed by atoms with E-state index >= 15 is 0 Å². The molecule has 6 heteroatoms. The molecule has 1 atom stereocenters. The summed E-state index contributed by atoms with van der Waals surface area (Å²) in [6, 6.07) is 10.9. The number of nitrogens with one attached hydrogen (secondary N) is 2. The van der Waals surface area contributed by atoms with Gasteiger partial charge < -0.3 is 15.4 Å². The topological polar surface area (TPSA) is 84.5 Å². The average Bonchev–Trinajstić information content (AvgIpc) is 2.63. The molecule has 0 aliphatic heterocycles. The van der Waals surface area contributed by atoms with Crippen LogP contribution in [0.5, 0.6) is 0 Å². The van der Waals surface area contributed by atoms with Gasteiger partial charge in [-0.2, -0.15) is 0 Å². The first-order valence-corrected chi connectivity index (χ1v) is 9.10. The molecule has 0 bridgehead atoms. The summed E-state index contributed by atoms with van der Waals surface area (Å²) in [7, 11) is 0. The third kappa shape index (κ3) is 5.67. The normalized spacial score (nSPS) is 11.5. The van der Waals surface area contributed by atoms with Gasteiger partial charge in [-0.25, -0.2) is 0 Å². The molecular formula is C22H26N2O4. The zero-order valence-electron chi connectivity index (χ0n) is 16.9. The summed E-state index contributed by atoms with van der Waals surface area (Å²) >= 11 is 0. The molecule has 0 saturated heterocycles. The van der Waals surface area contributed by atoms with E-state index in [2.05, 4.69) is 10.6 Å². The lowest BCUT2D eigenvalue weighted by Gasteiger charge is -2.17. The van der Waals surface area contributed by atoms with Crippen LogP contribution in [0.15, 0.2) is 36.4 Å². The molecule has 0 fully saturated rings. The van der Waals surface area contributed by atoms with Gasteiger partial charge in [0.1, 0.15) is 6.54 Å². The fourth-order valence-corrected chi connectivity index (χ4v) is 2.85. The fourth-order valence-electron chi connectivity index (χ4n) is 2.85. The summed E-state index contributed by atoms with van der Waals surface area (Å²) in [5.74, 6) is -1.48. The number of aryl methyl sites for hydroxylation is 4. The van der Waals surface area contributed by atoms with Crippen molar-refractivity contribution in [2.24, 2.45) is 0 Å². The number of carbonyl (C=O) groups excluding carboxylic acids is 3. The lowest BCUT2D eigenvalue weighted by atomic mass is 10.0. The quantitative estimate of drug-likeness (QED) is 0.752. The Hall–Kier alpha value is -3.15. The van der Waals surface area contributed by atoms with E-state index in [0.717, 1.165) is 22.3 Å². The predicted octanol–water partition coefficient (Wildman–Crippen LogP) is 3.22. The average molecular weight is 382 g/mol. The lowest BCUT2D eigenvalue weighted by molar-refractivity contribution is -0.152. The number of ether oxygens (including phenoxy) is 1. The van der Waals surface area contributed by atoms with Crippen molar-refractivity contribution in [3.63, 3.8) is 0 Å². The van der Waals surface area contributed by atoms with Gasteiger partial charge in [0.25, 0.3) is 11.8 Å². The summed E-state index contributed by atoms with van der Waals surface area (Å²) in [4.78, 5) is 36.3. The lowest BCUT2D eigenvalue weighted by Crippen LogP contribution is -2.36. The van der Waals surface area contributed by atoms with E-state index in [1.807, 2.05) is 52.0 Å². The molecule has 2 rings (SSSR count). The Bertz CT molecular complexity index is 865. The number of rotatable bonds is 6. The van der Waals surface area contributed by atoms with Crippen molar-refractivity contribution in [3.05, 3.63) is 64.2 Å². The SMILES string of the molecule is Cc1ccc(C(=O)NCC(=O)OC(C)C(=O)Nc2c(C)cc(C)cc2C)cc1. The summed E-state index contributed by atoms with van der Waals surface area (Å²) in [6.45, 7) is 8.91. The number of amides is 2. The first kappa shape index (κ1) is 21.2. The van der Waals surface area contributed by atoms with E-state index in [1.54, 1.807) is 12.1 Å². The predicted molar refractivity (Wildman–Crippen MR) is 108 cm³/mol. The van der Waals surface area contributed by atoms with Crippen LogP contribution in [0.2, 0.25) is 0 Å². The Morgan fingerprint density at radius 1 is 0.929 bits per heavy atom. The van der Waals surface area contributed by atoms with Crippen LogP contribution in [0.25, 0.3) is 0 Å². The highest BCUT2D eigenvalue weighted by atomic mass is 16.5. The zero-order valence-corrected chi connectivity index (χ0v) is 16.9. The molecule has 1 unspecified atom stereocenters. The molecule has 0 heterocycles. The third-order valence-electron chi connectivity index (χ3n) is 4.31. The van der Waals surface area contributed by atoms with Gasteiger partial charge in [-0.3, -0.25) is 14.4 Å². The first-order chi connectivity index (χ1) is 13.2. The Kier molecular flexibility index (Phi) is 6.93. The van der Waals surface area contributed by atoms with Gasteiger partial charge in [0.2, 0.25) is 0 Å². The zero-order chi connectivity index (χ0) is 20.8. The molecule has 2 N–H and O–H groups in total. The second-order valence-corrected chi connectivity index (χ2v) is 6.94. The molecule has 6 nitrogen and oxygen atoms in total. The molecule has 2 aromatic carbocycles. The number of hydrogen-bond acceptors (Lipinski definition) is 4. The van der Waals surface area contributed by atoms with E-state index in [-0.39, 0.29) is 12.5 Å². The second-order valence-electron chi connectivity index (χ2n) is 6.94. The van der Waals surface area contributed by atoms with Crippen LogP contribution in [0.1, 0.15) is 39.5 Å². The summed E-state index contributed by atoms with van der Waals surface area (Å²) < 4.78 is 5.13. The maximum absolute atomic E-state index is 12.4. The van der Waals surface area contributed by atoms with Gasteiger partial charge in [-0.15, -0.1) is 0 Å². The monoisotopic (exact) mass is 382 g/mol. The van der Waals surface area contributed by atoms with E-state index in [0.29, 0.717) is 11.3 Å². The molecule has 0 radical (unpaired) electrons. The maximum Gasteiger partial charge on any atom is 0.326 e. The molecule has 2 aromatic rings. The highest BCUT2D eigenvalue weighted by Crippen LogP contribution is 2.22. The minimum atomic E-state index is -0.983. The number of benzene rings is 2. The number of hydrogen-bond donors (Lipinski definition) is 2. The Morgan fingerprint density at radius 2 is 1.50 bits per heavy atom. The van der Waals surface area contributed by atoms with Gasteiger partial charge in [-0.05, 0) is 57.9 Å². The summed E-state index contributed by atoms with van der Waals surface area (Å²) in [6.07, 6.45) is -0.983. The van der Waals surface area contributed by atoms with Crippen LogP contribution in [0.4, 0.5) is 5.69 Å². The first-order valence-electron chi connectivity index (χ1n) is 9.10. The van der Waals surface area contributed by atoms with Crippen molar-refractivity contribution in [3.8, 4) is 0 Å². The standard InChI is InChI=1S/C22H26N2O4/c1-13-6-8-18(9-7-13)22(27)23-12-19(25)28-17(5)21(26)24-20-15(3)10-14(2)11-16(20)4/h6-11,17H,12H2,1-5H3,(H,23,27)(H,24,26). The van der Waals surface area contributed by atoms with E-state index in [1.165, 1.54) is 6.92 Å². The number of esters is 1. The smallest absolute Gasteiger partial charge is 0.326 e. The van der Waals surface area contributed by atoms with Crippen molar-refractivity contribution in [1.82, 2.24) is 5.32 Å². The minimum Gasteiger partial charge on any atom is -0.451 e. The van der Waals surface area contributed by atoms with Gasteiger partial charge in [0.15, 0.2) is 6.10 Å². The van der Waals surface area contributed by atoms with Crippen molar-refractivity contribution in [1.29, 1.82) is 0 Å². The van der Waals surface area contributed by atoms with Gasteiger partial charge in [-0.1, -0.05) is 35.4 Å². The third-order valence-corrected chi connectivity index (χ3v) is 4.31. The van der Waals surface area contributed by atoms with Crippen molar-refractivity contribution < 1.29 is 19.1 Å². The van der Waals surface area contributed by atoms with E-state index in [4.69, 9.17) is 4.74 Å². The summed E-state index contributed by atoms with van der Waals surface area (Å²) in [5, 5.41) is 5.29. The highest BCUT2D eigenvalue weighted by molar-refractivity contribution is 5.98. The fraction of sp³-hybridized carbons (Fsp3) is 0.318. The molecule has 0 aromatic heterocycles. The molecular weight excluding hydrogens is 356 g/mol. The number of anilines is 1. The Morgan fingerprint density at radius 3 is 2.07 bits per heavy atom. The van der Waals surface area contributed by atoms with Crippen molar-refractivity contribution in [2.45, 2.75) is 40.7 Å². The largest absolute Gasteiger partial charge is 0.451 e. The summed E-state index contributed by atoms with van der Waals surface area (Å²) in [5.41, 5.74) is 5.19. The Labute approximate surface area is 165 Å². The van der Waals surface area contributed by atoms with E-state index in [9.17, 15) is 14.4 Å². The highest BCUT2D eigenvalue weighted by Gasteiger charge is 2.20. The van der Waals surface area contributed by atoms with Crippen LogP contribution in [0.3, 0.4) is 0 Å². The maximum atomic E-state index is 12.4. The van der Waals surface area contributed by atoms with E-state index < -0.39 is 18.0 Å². The van der Waals surface area contributed by atoms with Gasteiger partial charge in [0.05, 0.1) is 0 Å². The molecule has 148 valence electrons.